The van der Waals surface area contributed by atoms with Crippen molar-refractivity contribution < 1.29 is 18.7 Å². The number of benzene rings is 2. The van der Waals surface area contributed by atoms with Crippen LogP contribution in [0.5, 0.6) is 11.5 Å². The number of nitrogens with zero attached hydrogens (tertiary/aromatic N) is 3. The quantitative estimate of drug-likeness (QED) is 0.486. The Kier molecular flexibility index (Phi) is 8.15. The molecule has 1 heterocycles. The number of carbonyl (C=O) groups is 1. The van der Waals surface area contributed by atoms with Gasteiger partial charge in [0.05, 0.1) is 19.5 Å². The predicted octanol–water partition coefficient (Wildman–Crippen LogP) is 3.41. The smallest absolute Gasteiger partial charge is 0.251 e. The minimum Gasteiger partial charge on any atom is -0.494 e. The first kappa shape index (κ1) is 23.9. The summed E-state index contributed by atoms with van der Waals surface area (Å²) in [7, 11) is 6.94. The lowest BCUT2D eigenvalue weighted by Gasteiger charge is -2.12. The molecule has 0 spiro atoms. The van der Waals surface area contributed by atoms with Gasteiger partial charge in [-0.15, -0.1) is 0 Å². The first-order valence-corrected chi connectivity index (χ1v) is 10.4. The molecular formula is C24H28FN5O3. The van der Waals surface area contributed by atoms with Gasteiger partial charge < -0.3 is 25.0 Å². The number of ether oxygens (including phenoxy) is 2. The van der Waals surface area contributed by atoms with Gasteiger partial charge in [-0.05, 0) is 50.3 Å². The van der Waals surface area contributed by atoms with Gasteiger partial charge in [0.1, 0.15) is 6.61 Å². The third kappa shape index (κ3) is 6.63. The number of hydrogen-bond donors (Lipinski definition) is 2. The van der Waals surface area contributed by atoms with E-state index in [9.17, 15) is 9.18 Å². The van der Waals surface area contributed by atoms with E-state index in [1.807, 2.05) is 12.1 Å². The van der Waals surface area contributed by atoms with Crippen LogP contribution in [0.25, 0.3) is 0 Å². The number of methoxy groups -OCH3 is 1. The Morgan fingerprint density at radius 2 is 1.82 bits per heavy atom. The van der Waals surface area contributed by atoms with Crippen molar-refractivity contribution in [1.82, 2.24) is 20.2 Å². The molecule has 3 rings (SSSR count). The van der Waals surface area contributed by atoms with Crippen molar-refractivity contribution in [3.05, 3.63) is 71.3 Å². The van der Waals surface area contributed by atoms with Crippen LogP contribution in [0.2, 0.25) is 0 Å². The summed E-state index contributed by atoms with van der Waals surface area (Å²) in [5, 5.41) is 5.64. The molecule has 0 radical (unpaired) electrons. The fourth-order valence-electron chi connectivity index (χ4n) is 3.04. The van der Waals surface area contributed by atoms with E-state index in [2.05, 4.69) is 51.7 Å². The number of rotatable bonds is 10. The van der Waals surface area contributed by atoms with E-state index in [0.717, 1.165) is 18.7 Å². The van der Waals surface area contributed by atoms with Crippen LogP contribution in [-0.2, 0) is 13.0 Å². The van der Waals surface area contributed by atoms with Crippen LogP contribution in [0.1, 0.15) is 21.5 Å². The zero-order chi connectivity index (χ0) is 23.8. The predicted molar refractivity (Wildman–Crippen MR) is 125 cm³/mol. The van der Waals surface area contributed by atoms with Crippen LogP contribution in [0.15, 0.2) is 48.8 Å². The zero-order valence-corrected chi connectivity index (χ0v) is 19.2. The zero-order valence-electron chi connectivity index (χ0n) is 19.2. The van der Waals surface area contributed by atoms with E-state index in [4.69, 9.17) is 9.47 Å². The molecule has 3 aromatic rings. The van der Waals surface area contributed by atoms with Crippen LogP contribution in [-0.4, -0.2) is 55.6 Å². The number of amides is 1. The number of halogens is 1. The number of carbonyl (C=O) groups excluding carboxylic acids is 1. The van der Waals surface area contributed by atoms with E-state index in [1.54, 1.807) is 0 Å². The van der Waals surface area contributed by atoms with E-state index in [1.165, 1.54) is 44.2 Å². The molecule has 0 fully saturated rings. The first-order valence-electron chi connectivity index (χ1n) is 10.4. The Labute approximate surface area is 192 Å². The normalized spacial score (nSPS) is 10.7. The molecule has 9 heteroatoms. The summed E-state index contributed by atoms with van der Waals surface area (Å²) in [5.74, 6) is -0.184. The lowest BCUT2D eigenvalue weighted by Crippen LogP contribution is -2.18. The molecule has 0 bridgehead atoms. The van der Waals surface area contributed by atoms with Gasteiger partial charge in [-0.1, -0.05) is 12.1 Å². The number of likely N-dealkylation sites (N-methyl/N-ethyl adjacent to an activating group) is 1. The second kappa shape index (κ2) is 11.2. The summed E-state index contributed by atoms with van der Waals surface area (Å²) in [5.41, 5.74) is 2.59. The maximum atomic E-state index is 14.6. The third-order valence-corrected chi connectivity index (χ3v) is 4.90. The van der Waals surface area contributed by atoms with Gasteiger partial charge in [-0.3, -0.25) is 4.79 Å². The maximum absolute atomic E-state index is 14.6. The number of hydrogen-bond acceptors (Lipinski definition) is 7. The molecule has 0 saturated carbocycles. The number of aromatic nitrogens is 2. The molecular weight excluding hydrogens is 425 g/mol. The molecule has 0 atom stereocenters. The number of nitrogens with one attached hydrogen (secondary N) is 2. The largest absolute Gasteiger partial charge is 0.494 e. The van der Waals surface area contributed by atoms with Crippen LogP contribution < -0.4 is 20.1 Å². The fraction of sp³-hybridized carbons (Fsp3) is 0.292. The van der Waals surface area contributed by atoms with E-state index in [-0.39, 0.29) is 29.4 Å². The highest BCUT2D eigenvalue weighted by Crippen LogP contribution is 2.24. The van der Waals surface area contributed by atoms with Crippen LogP contribution in [0.3, 0.4) is 0 Å². The average molecular weight is 454 g/mol. The summed E-state index contributed by atoms with van der Waals surface area (Å²) in [4.78, 5) is 22.6. The second-order valence-electron chi connectivity index (χ2n) is 7.64. The molecule has 2 N–H and O–H groups in total. The summed E-state index contributed by atoms with van der Waals surface area (Å²) in [6.07, 6.45) is 3.98. The summed E-state index contributed by atoms with van der Waals surface area (Å²) in [6, 6.07) is 10.9. The summed E-state index contributed by atoms with van der Waals surface area (Å²) < 4.78 is 25.2. The molecule has 1 aromatic heterocycles. The Morgan fingerprint density at radius 3 is 2.42 bits per heavy atom. The number of anilines is 2. The van der Waals surface area contributed by atoms with Gasteiger partial charge in [-0.2, -0.15) is 0 Å². The van der Waals surface area contributed by atoms with Crippen molar-refractivity contribution >= 4 is 17.5 Å². The highest BCUT2D eigenvalue weighted by molar-refractivity contribution is 5.94. The Bertz CT molecular complexity index is 1070. The molecule has 0 aliphatic heterocycles. The van der Waals surface area contributed by atoms with Gasteiger partial charge >= 0.3 is 0 Å². The van der Waals surface area contributed by atoms with Crippen LogP contribution in [0.4, 0.5) is 16.0 Å². The second-order valence-corrected chi connectivity index (χ2v) is 7.64. The van der Waals surface area contributed by atoms with Crippen molar-refractivity contribution in [2.75, 3.05) is 40.1 Å². The lowest BCUT2D eigenvalue weighted by molar-refractivity contribution is 0.0962. The summed E-state index contributed by atoms with van der Waals surface area (Å²) in [6.45, 7) is 0.877. The molecule has 0 aliphatic carbocycles. The Balaban J connectivity index is 1.61. The summed E-state index contributed by atoms with van der Waals surface area (Å²) >= 11 is 0. The highest BCUT2D eigenvalue weighted by Gasteiger charge is 2.15. The van der Waals surface area contributed by atoms with Crippen LogP contribution >= 0.6 is 0 Å². The van der Waals surface area contributed by atoms with E-state index >= 15 is 0 Å². The molecule has 8 nitrogen and oxygen atoms in total. The van der Waals surface area contributed by atoms with Crippen LogP contribution in [0, 0.1) is 5.82 Å². The van der Waals surface area contributed by atoms with Gasteiger partial charge in [-0.25, -0.2) is 14.4 Å². The van der Waals surface area contributed by atoms with Crippen molar-refractivity contribution in [2.24, 2.45) is 0 Å². The molecule has 0 aliphatic rings. The van der Waals surface area contributed by atoms with E-state index in [0.29, 0.717) is 11.7 Å². The molecule has 0 unspecified atom stereocenters. The minimum absolute atomic E-state index is 0.0294. The molecule has 33 heavy (non-hydrogen) atoms. The molecule has 2 aromatic carbocycles. The molecule has 1 amide bonds. The third-order valence-electron chi connectivity index (χ3n) is 4.90. The maximum Gasteiger partial charge on any atom is 0.251 e. The monoisotopic (exact) mass is 453 g/mol. The van der Waals surface area contributed by atoms with Crippen molar-refractivity contribution in [3.8, 4) is 11.5 Å². The highest BCUT2D eigenvalue weighted by atomic mass is 19.1. The Morgan fingerprint density at radius 1 is 1.12 bits per heavy atom. The lowest BCUT2D eigenvalue weighted by atomic mass is 10.1. The van der Waals surface area contributed by atoms with Gasteiger partial charge in [0, 0.05) is 30.4 Å². The SMILES string of the molecule is CNC(=O)c1cc(COc2cnc(Nc3ccc(CCN(C)C)cc3)nc2)c(F)c(OC)c1. The first-order chi connectivity index (χ1) is 15.9. The Hall–Kier alpha value is -3.72. The van der Waals surface area contributed by atoms with Gasteiger partial charge in [0.15, 0.2) is 17.3 Å². The standard InChI is InChI=1S/C24H28FN5O3/c1-26-23(31)17-11-18(22(25)21(12-17)32-4)15-33-20-13-27-24(28-14-20)29-19-7-5-16(6-8-19)9-10-30(2)3/h5-8,11-14H,9-10,15H2,1-4H3,(H,26,31)(H,27,28,29). The molecule has 174 valence electrons. The van der Waals surface area contributed by atoms with Crippen molar-refractivity contribution in [3.63, 3.8) is 0 Å². The van der Waals surface area contributed by atoms with Crippen molar-refractivity contribution in [2.45, 2.75) is 13.0 Å². The molecule has 0 saturated heterocycles. The van der Waals surface area contributed by atoms with Gasteiger partial charge in [0.25, 0.3) is 5.91 Å². The average Bonchev–Trinajstić information content (AvgIpc) is 2.83. The minimum atomic E-state index is -0.585. The van der Waals surface area contributed by atoms with Gasteiger partial charge in [0.2, 0.25) is 5.95 Å². The topological polar surface area (TPSA) is 88.6 Å². The fourth-order valence-corrected chi connectivity index (χ4v) is 3.04. The van der Waals surface area contributed by atoms with Crippen molar-refractivity contribution in [1.29, 1.82) is 0 Å². The van der Waals surface area contributed by atoms with E-state index < -0.39 is 5.82 Å².